The van der Waals surface area contributed by atoms with E-state index in [0.717, 1.165) is 52.1 Å². The van der Waals surface area contributed by atoms with Crippen molar-refractivity contribution in [3.63, 3.8) is 0 Å². The first-order valence-corrected chi connectivity index (χ1v) is 9.91. The Kier molecular flexibility index (Phi) is 3.66. The largest absolute Gasteiger partial charge is 0.454 e. The van der Waals surface area contributed by atoms with Gasteiger partial charge in [-0.3, -0.25) is 4.79 Å². The number of benzene rings is 2. The summed E-state index contributed by atoms with van der Waals surface area (Å²) in [5.41, 5.74) is 10.3. The number of nitrogen functional groups attached to an aromatic ring is 1. The lowest BCUT2D eigenvalue weighted by Crippen LogP contribution is -2.27. The molecule has 1 amide bonds. The zero-order valence-corrected chi connectivity index (χ0v) is 16.9. The number of anilines is 2. The molecule has 2 heterocycles. The molecule has 6 nitrogen and oxygen atoms in total. The second kappa shape index (κ2) is 5.92. The minimum absolute atomic E-state index is 0.000803. The fraction of sp³-hybridized carbons (Fsp3) is 0.348. The molecule has 5 rings (SSSR count). The van der Waals surface area contributed by atoms with Gasteiger partial charge in [-0.1, -0.05) is 26.8 Å². The summed E-state index contributed by atoms with van der Waals surface area (Å²) in [7, 11) is 0. The Labute approximate surface area is 169 Å². The molecule has 3 aromatic rings. The molecule has 0 saturated heterocycles. The lowest BCUT2D eigenvalue weighted by atomic mass is 9.91. The summed E-state index contributed by atoms with van der Waals surface area (Å²) in [6, 6.07) is 11.6. The molecule has 0 radical (unpaired) electrons. The van der Waals surface area contributed by atoms with Gasteiger partial charge in [-0.25, -0.2) is 0 Å². The van der Waals surface area contributed by atoms with Gasteiger partial charge in [0, 0.05) is 27.7 Å². The molecule has 4 N–H and O–H groups in total. The molecule has 2 aliphatic rings. The van der Waals surface area contributed by atoms with Crippen molar-refractivity contribution >= 4 is 28.2 Å². The maximum atomic E-state index is 13.2. The van der Waals surface area contributed by atoms with Crippen LogP contribution in [0.1, 0.15) is 44.9 Å². The van der Waals surface area contributed by atoms with Gasteiger partial charge in [0.05, 0.1) is 11.1 Å². The summed E-state index contributed by atoms with van der Waals surface area (Å²) in [4.78, 5) is 16.6. The van der Waals surface area contributed by atoms with Crippen LogP contribution in [0.25, 0.3) is 10.9 Å². The number of carbonyl (C=O) groups excluding carboxylic acids is 1. The average molecular weight is 391 g/mol. The van der Waals surface area contributed by atoms with Crippen LogP contribution in [0.15, 0.2) is 36.4 Å². The van der Waals surface area contributed by atoms with E-state index in [1.807, 2.05) is 36.4 Å². The zero-order chi connectivity index (χ0) is 20.4. The van der Waals surface area contributed by atoms with Crippen LogP contribution < -0.4 is 20.5 Å². The molecular formula is C23H25N3O3. The Hall–Kier alpha value is -3.15. The summed E-state index contributed by atoms with van der Waals surface area (Å²) in [6.45, 7) is 6.60. The van der Waals surface area contributed by atoms with E-state index in [2.05, 4.69) is 31.1 Å². The molecule has 1 aromatic heterocycles. The number of H-pyrrole nitrogens is 1. The highest BCUT2D eigenvalue weighted by Gasteiger charge is 2.51. The van der Waals surface area contributed by atoms with Crippen LogP contribution in [-0.4, -0.2) is 17.7 Å². The van der Waals surface area contributed by atoms with Crippen LogP contribution in [-0.2, 0) is 15.6 Å². The third kappa shape index (κ3) is 2.82. The number of fused-ring (bicyclic) bond motifs is 2. The monoisotopic (exact) mass is 391 g/mol. The Bertz CT molecular complexity index is 1140. The number of amides is 1. The highest BCUT2D eigenvalue weighted by Crippen LogP contribution is 2.51. The first kappa shape index (κ1) is 17.9. The quantitative estimate of drug-likeness (QED) is 0.615. The van der Waals surface area contributed by atoms with E-state index in [9.17, 15) is 4.79 Å². The molecule has 1 aliphatic heterocycles. The SMILES string of the molecule is CC(C)(C)c1[nH]c2ccc(NC(=O)C3(c4ccc5c(c4)OCO5)CC3)cc2c1N. The van der Waals surface area contributed by atoms with Gasteiger partial charge in [-0.2, -0.15) is 0 Å². The summed E-state index contributed by atoms with van der Waals surface area (Å²) in [6.07, 6.45) is 1.64. The number of hydrogen-bond donors (Lipinski definition) is 3. The van der Waals surface area contributed by atoms with Crippen molar-refractivity contribution in [3.05, 3.63) is 47.7 Å². The number of aromatic amines is 1. The number of hydrogen-bond acceptors (Lipinski definition) is 4. The Balaban J connectivity index is 1.43. The summed E-state index contributed by atoms with van der Waals surface area (Å²) in [5.74, 6) is 1.44. The van der Waals surface area contributed by atoms with Crippen LogP contribution in [0.4, 0.5) is 11.4 Å². The predicted molar refractivity (Wildman–Crippen MR) is 114 cm³/mol. The van der Waals surface area contributed by atoms with Gasteiger partial charge < -0.3 is 25.5 Å². The summed E-state index contributed by atoms with van der Waals surface area (Å²) >= 11 is 0. The number of rotatable bonds is 3. The first-order chi connectivity index (χ1) is 13.8. The van der Waals surface area contributed by atoms with E-state index in [0.29, 0.717) is 5.75 Å². The van der Waals surface area contributed by atoms with Gasteiger partial charge in [-0.05, 0) is 48.7 Å². The Morgan fingerprint density at radius 1 is 1.10 bits per heavy atom. The van der Waals surface area contributed by atoms with Gasteiger partial charge in [0.2, 0.25) is 12.7 Å². The van der Waals surface area contributed by atoms with Crippen LogP contribution >= 0.6 is 0 Å². The molecule has 0 atom stereocenters. The molecule has 1 saturated carbocycles. The standard InChI is InChI=1S/C23H25N3O3/c1-22(2,3)20-19(24)15-11-14(5-6-16(15)26-20)25-21(27)23(8-9-23)13-4-7-17-18(10-13)29-12-28-17/h4-7,10-11,26H,8-9,12,24H2,1-3H3,(H,25,27). The maximum absolute atomic E-state index is 13.2. The predicted octanol–water partition coefficient (Wildman–Crippen LogP) is 4.45. The van der Waals surface area contributed by atoms with E-state index in [4.69, 9.17) is 15.2 Å². The number of aromatic nitrogens is 1. The highest BCUT2D eigenvalue weighted by atomic mass is 16.7. The van der Waals surface area contributed by atoms with Crippen molar-refractivity contribution in [2.24, 2.45) is 0 Å². The smallest absolute Gasteiger partial charge is 0.235 e. The van der Waals surface area contributed by atoms with E-state index in [1.54, 1.807) is 0 Å². The van der Waals surface area contributed by atoms with Crippen molar-refractivity contribution in [2.45, 2.75) is 44.4 Å². The second-order valence-corrected chi connectivity index (χ2v) is 9.03. The first-order valence-electron chi connectivity index (χ1n) is 9.91. The van der Waals surface area contributed by atoms with Gasteiger partial charge in [0.1, 0.15) is 0 Å². The molecule has 0 spiro atoms. The van der Waals surface area contributed by atoms with Crippen molar-refractivity contribution in [2.75, 3.05) is 17.8 Å². The van der Waals surface area contributed by atoms with E-state index in [1.165, 1.54) is 0 Å². The number of ether oxygens (including phenoxy) is 2. The van der Waals surface area contributed by atoms with Crippen LogP contribution in [0, 0.1) is 0 Å². The molecule has 1 fully saturated rings. The molecule has 0 bridgehead atoms. The van der Waals surface area contributed by atoms with Gasteiger partial charge in [0.25, 0.3) is 0 Å². The fourth-order valence-corrected chi connectivity index (χ4v) is 4.10. The lowest BCUT2D eigenvalue weighted by molar-refractivity contribution is -0.118. The van der Waals surface area contributed by atoms with E-state index < -0.39 is 5.41 Å². The third-order valence-corrected chi connectivity index (χ3v) is 5.96. The topological polar surface area (TPSA) is 89.4 Å². The Morgan fingerprint density at radius 3 is 2.59 bits per heavy atom. The molecule has 1 aliphatic carbocycles. The van der Waals surface area contributed by atoms with Gasteiger partial charge >= 0.3 is 0 Å². The molecule has 0 unspecified atom stereocenters. The van der Waals surface area contributed by atoms with Crippen molar-refractivity contribution in [1.29, 1.82) is 0 Å². The van der Waals surface area contributed by atoms with Gasteiger partial charge in [-0.15, -0.1) is 0 Å². The fourth-order valence-electron chi connectivity index (χ4n) is 4.10. The van der Waals surface area contributed by atoms with Crippen molar-refractivity contribution in [1.82, 2.24) is 4.98 Å². The molecular weight excluding hydrogens is 366 g/mol. The average Bonchev–Trinajstić information content (AvgIpc) is 3.24. The van der Waals surface area contributed by atoms with Crippen LogP contribution in [0.5, 0.6) is 11.5 Å². The number of carbonyl (C=O) groups is 1. The molecule has 6 heteroatoms. The van der Waals surface area contributed by atoms with Gasteiger partial charge in [0.15, 0.2) is 11.5 Å². The molecule has 29 heavy (non-hydrogen) atoms. The summed E-state index contributed by atoms with van der Waals surface area (Å²) < 4.78 is 10.9. The van der Waals surface area contributed by atoms with Crippen molar-refractivity contribution < 1.29 is 14.3 Å². The van der Waals surface area contributed by atoms with Crippen LogP contribution in [0.3, 0.4) is 0 Å². The normalized spacial score (nSPS) is 16.8. The minimum atomic E-state index is -0.504. The highest BCUT2D eigenvalue weighted by molar-refractivity contribution is 6.04. The molecule has 2 aromatic carbocycles. The van der Waals surface area contributed by atoms with Crippen LogP contribution in [0.2, 0.25) is 0 Å². The number of nitrogens with two attached hydrogens (primary N) is 1. The third-order valence-electron chi connectivity index (χ3n) is 5.96. The van der Waals surface area contributed by atoms with E-state index >= 15 is 0 Å². The lowest BCUT2D eigenvalue weighted by Gasteiger charge is -2.17. The van der Waals surface area contributed by atoms with Crippen molar-refractivity contribution in [3.8, 4) is 11.5 Å². The molecule has 150 valence electrons. The second-order valence-electron chi connectivity index (χ2n) is 9.03. The van der Waals surface area contributed by atoms with E-state index in [-0.39, 0.29) is 18.1 Å². The summed E-state index contributed by atoms with van der Waals surface area (Å²) in [5, 5.41) is 4.03. The zero-order valence-electron chi connectivity index (χ0n) is 16.9. The number of nitrogens with one attached hydrogen (secondary N) is 2. The Morgan fingerprint density at radius 2 is 1.86 bits per heavy atom. The minimum Gasteiger partial charge on any atom is -0.454 e. The maximum Gasteiger partial charge on any atom is 0.235 e.